The largest absolute Gasteiger partial charge is 0.368 e. The Bertz CT molecular complexity index is 1030. The molecule has 0 radical (unpaired) electrons. The molecule has 5 nitrogen and oxygen atoms in total. The molecule has 1 fully saturated rings. The molecule has 2 heterocycles. The highest BCUT2D eigenvalue weighted by molar-refractivity contribution is 9.10. The lowest BCUT2D eigenvalue weighted by atomic mass is 9.68. The van der Waals surface area contributed by atoms with Crippen LogP contribution in [0, 0.1) is 28.1 Å². The van der Waals surface area contributed by atoms with Crippen molar-refractivity contribution in [1.82, 2.24) is 4.90 Å². The molecule has 1 saturated heterocycles. The van der Waals surface area contributed by atoms with Gasteiger partial charge in [0.15, 0.2) is 5.41 Å². The number of primary amides is 1. The van der Waals surface area contributed by atoms with Gasteiger partial charge in [-0.3, -0.25) is 4.79 Å². The van der Waals surface area contributed by atoms with Crippen molar-refractivity contribution in [3.63, 3.8) is 0 Å². The number of benzene rings is 2. The number of carbonyl (C=O) groups excluding carboxylic acids is 1. The summed E-state index contributed by atoms with van der Waals surface area (Å²) in [6.45, 7) is 0. The summed E-state index contributed by atoms with van der Waals surface area (Å²) in [6, 6.07) is 18.2. The van der Waals surface area contributed by atoms with Gasteiger partial charge in [0.2, 0.25) is 5.91 Å². The van der Waals surface area contributed by atoms with Crippen molar-refractivity contribution in [3.8, 4) is 12.1 Å². The SMILES string of the molecule is N#CC1(C#N)[C@@H]2c3ccccc3C=CN2[C@@H](C(N)=O)[C@@H]1c1cccc(Br)c1. The average molecular weight is 419 g/mol. The molecule has 0 saturated carbocycles. The minimum absolute atomic E-state index is 0.554. The molecular formula is C21H15BrN4O. The van der Waals surface area contributed by atoms with Gasteiger partial charge in [0.05, 0.1) is 18.2 Å². The molecule has 132 valence electrons. The molecule has 6 heteroatoms. The third kappa shape index (κ3) is 2.38. The lowest BCUT2D eigenvalue weighted by Crippen LogP contribution is -2.41. The van der Waals surface area contributed by atoms with Crippen LogP contribution in [0.3, 0.4) is 0 Å². The zero-order valence-electron chi connectivity index (χ0n) is 14.2. The van der Waals surface area contributed by atoms with Gasteiger partial charge in [-0.25, -0.2) is 0 Å². The first-order valence-electron chi connectivity index (χ1n) is 8.45. The summed E-state index contributed by atoms with van der Waals surface area (Å²) in [7, 11) is 0. The normalized spacial score (nSPS) is 24.4. The number of rotatable bonds is 2. The van der Waals surface area contributed by atoms with Crippen molar-refractivity contribution in [2.75, 3.05) is 0 Å². The molecule has 3 atom stereocenters. The predicted octanol–water partition coefficient (Wildman–Crippen LogP) is 3.46. The molecule has 0 aromatic heterocycles. The molecule has 1 amide bonds. The molecule has 0 spiro atoms. The van der Waals surface area contributed by atoms with Crippen LogP contribution in [0.5, 0.6) is 0 Å². The molecule has 2 aliphatic heterocycles. The van der Waals surface area contributed by atoms with E-state index < -0.39 is 29.3 Å². The van der Waals surface area contributed by atoms with Crippen LogP contribution in [0.15, 0.2) is 59.2 Å². The van der Waals surface area contributed by atoms with E-state index in [9.17, 15) is 15.3 Å². The first-order valence-corrected chi connectivity index (χ1v) is 9.24. The van der Waals surface area contributed by atoms with E-state index in [0.29, 0.717) is 0 Å². The third-order valence-electron chi connectivity index (χ3n) is 5.44. The first-order chi connectivity index (χ1) is 13.0. The Morgan fingerprint density at radius 1 is 1.15 bits per heavy atom. The van der Waals surface area contributed by atoms with Gasteiger partial charge < -0.3 is 10.6 Å². The Morgan fingerprint density at radius 3 is 2.56 bits per heavy atom. The van der Waals surface area contributed by atoms with Crippen LogP contribution in [-0.4, -0.2) is 16.8 Å². The smallest absolute Gasteiger partial charge is 0.240 e. The first kappa shape index (κ1) is 17.3. The minimum atomic E-state index is -1.46. The number of fused-ring (bicyclic) bond motifs is 3. The van der Waals surface area contributed by atoms with Crippen LogP contribution >= 0.6 is 15.9 Å². The van der Waals surface area contributed by atoms with Crippen LogP contribution < -0.4 is 5.73 Å². The maximum absolute atomic E-state index is 12.5. The molecule has 2 aromatic carbocycles. The molecule has 0 unspecified atom stereocenters. The van der Waals surface area contributed by atoms with Crippen LogP contribution in [0.2, 0.25) is 0 Å². The van der Waals surface area contributed by atoms with Crippen molar-refractivity contribution < 1.29 is 4.79 Å². The van der Waals surface area contributed by atoms with E-state index in [2.05, 4.69) is 28.1 Å². The maximum atomic E-state index is 12.5. The fourth-order valence-corrected chi connectivity index (χ4v) is 4.81. The molecule has 2 aromatic rings. The number of hydrogen-bond acceptors (Lipinski definition) is 4. The monoisotopic (exact) mass is 418 g/mol. The van der Waals surface area contributed by atoms with Crippen LogP contribution in [-0.2, 0) is 4.79 Å². The topological polar surface area (TPSA) is 93.9 Å². The Hall–Kier alpha value is -3.09. The molecule has 0 bridgehead atoms. The van der Waals surface area contributed by atoms with Gasteiger partial charge in [0, 0.05) is 16.6 Å². The van der Waals surface area contributed by atoms with Gasteiger partial charge in [-0.15, -0.1) is 0 Å². The van der Waals surface area contributed by atoms with E-state index >= 15 is 0 Å². The quantitative estimate of drug-likeness (QED) is 0.807. The number of nitriles is 2. The summed E-state index contributed by atoms with van der Waals surface area (Å²) in [5.74, 6) is -1.23. The second kappa shape index (κ2) is 6.26. The van der Waals surface area contributed by atoms with Gasteiger partial charge in [0.1, 0.15) is 6.04 Å². The molecule has 27 heavy (non-hydrogen) atoms. The Labute approximate surface area is 165 Å². The number of amides is 1. The van der Waals surface area contributed by atoms with Gasteiger partial charge >= 0.3 is 0 Å². The summed E-state index contributed by atoms with van der Waals surface area (Å²) in [5.41, 5.74) is 6.84. The summed E-state index contributed by atoms with van der Waals surface area (Å²) in [5, 5.41) is 20.4. The summed E-state index contributed by atoms with van der Waals surface area (Å²) in [4.78, 5) is 14.3. The van der Waals surface area contributed by atoms with Crippen LogP contribution in [0.4, 0.5) is 0 Å². The number of nitrogens with two attached hydrogens (primary N) is 1. The zero-order chi connectivity index (χ0) is 19.2. The van der Waals surface area contributed by atoms with E-state index in [-0.39, 0.29) is 0 Å². The summed E-state index contributed by atoms with van der Waals surface area (Å²) >= 11 is 3.44. The highest BCUT2D eigenvalue weighted by atomic mass is 79.9. The summed E-state index contributed by atoms with van der Waals surface area (Å²) in [6.07, 6.45) is 3.68. The fraction of sp³-hybridized carbons (Fsp3) is 0.190. The maximum Gasteiger partial charge on any atom is 0.240 e. The van der Waals surface area contributed by atoms with E-state index in [1.807, 2.05) is 54.6 Å². The van der Waals surface area contributed by atoms with Crippen molar-refractivity contribution in [2.24, 2.45) is 11.1 Å². The van der Waals surface area contributed by atoms with Gasteiger partial charge in [-0.05, 0) is 34.9 Å². The lowest BCUT2D eigenvalue weighted by Gasteiger charge is -2.34. The highest BCUT2D eigenvalue weighted by Crippen LogP contribution is 2.59. The van der Waals surface area contributed by atoms with Crippen LogP contribution in [0.25, 0.3) is 6.08 Å². The fourth-order valence-electron chi connectivity index (χ4n) is 4.39. The minimum Gasteiger partial charge on any atom is -0.368 e. The predicted molar refractivity (Wildman–Crippen MR) is 104 cm³/mol. The van der Waals surface area contributed by atoms with Crippen LogP contribution in [0.1, 0.15) is 28.7 Å². The number of carbonyl (C=O) groups is 1. The average Bonchev–Trinajstić information content (AvgIpc) is 2.99. The Morgan fingerprint density at radius 2 is 1.89 bits per heavy atom. The van der Waals surface area contributed by atoms with E-state index in [0.717, 1.165) is 21.2 Å². The Balaban J connectivity index is 2.02. The number of halogens is 1. The van der Waals surface area contributed by atoms with Gasteiger partial charge in [-0.1, -0.05) is 52.3 Å². The number of nitrogens with zero attached hydrogens (tertiary/aromatic N) is 3. The molecule has 4 rings (SSSR count). The lowest BCUT2D eigenvalue weighted by molar-refractivity contribution is -0.122. The van der Waals surface area contributed by atoms with Crippen molar-refractivity contribution in [3.05, 3.63) is 75.9 Å². The third-order valence-corrected chi connectivity index (χ3v) is 5.94. The second-order valence-corrected chi connectivity index (χ2v) is 7.68. The van der Waals surface area contributed by atoms with Crippen molar-refractivity contribution >= 4 is 27.9 Å². The van der Waals surface area contributed by atoms with Crippen molar-refractivity contribution in [2.45, 2.75) is 18.0 Å². The molecule has 2 N–H and O–H groups in total. The highest BCUT2D eigenvalue weighted by Gasteiger charge is 2.63. The van der Waals surface area contributed by atoms with Gasteiger partial charge in [-0.2, -0.15) is 10.5 Å². The molecular weight excluding hydrogens is 404 g/mol. The molecule has 2 aliphatic rings. The number of hydrogen-bond donors (Lipinski definition) is 1. The summed E-state index contributed by atoms with van der Waals surface area (Å²) < 4.78 is 0.814. The van der Waals surface area contributed by atoms with Gasteiger partial charge in [0.25, 0.3) is 0 Å². The second-order valence-electron chi connectivity index (χ2n) is 6.77. The van der Waals surface area contributed by atoms with E-state index in [1.165, 1.54) is 0 Å². The van der Waals surface area contributed by atoms with Crippen molar-refractivity contribution in [1.29, 1.82) is 10.5 Å². The molecule has 0 aliphatic carbocycles. The zero-order valence-corrected chi connectivity index (χ0v) is 15.8. The van der Waals surface area contributed by atoms with E-state index in [1.54, 1.807) is 11.1 Å². The Kier molecular flexibility index (Phi) is 4.02. The standard InChI is InChI=1S/C21H15BrN4O/c22-15-6-3-5-14(10-15)17-18(20(25)27)26-9-8-13-4-1-2-7-16(13)19(26)21(17,11-23)12-24/h1-10,17-19H,(H2,25,27)/t17-,18+,19-/m0/s1. The van der Waals surface area contributed by atoms with E-state index in [4.69, 9.17) is 5.73 Å².